The molecule has 2 heterocycles. The van der Waals surface area contributed by atoms with Crippen molar-refractivity contribution in [1.29, 1.82) is 5.41 Å². The lowest BCUT2D eigenvalue weighted by atomic mass is 10.3. The van der Waals surface area contributed by atoms with Gasteiger partial charge in [-0.05, 0) is 34.5 Å². The maximum absolute atomic E-state index is 7.74. The second kappa shape index (κ2) is 4.28. The van der Waals surface area contributed by atoms with E-state index in [1.165, 1.54) is 11.3 Å². The molecule has 3 nitrogen and oxygen atoms in total. The lowest BCUT2D eigenvalue weighted by molar-refractivity contribution is 0.730. The Labute approximate surface area is 100 Å². The van der Waals surface area contributed by atoms with E-state index in [-0.39, 0.29) is 0 Å². The predicted octanol–water partition coefficient (Wildman–Crippen LogP) is 2.54. The summed E-state index contributed by atoms with van der Waals surface area (Å²) in [4.78, 5) is 4.74. The molecule has 0 aliphatic carbocycles. The molecule has 2 aromatic heterocycles. The molecular formula is C10H10BrN3S. The zero-order valence-electron chi connectivity index (χ0n) is 8.20. The van der Waals surface area contributed by atoms with Crippen molar-refractivity contribution >= 4 is 27.3 Å². The fourth-order valence-electron chi connectivity index (χ4n) is 1.31. The summed E-state index contributed by atoms with van der Waals surface area (Å²) in [7, 11) is 0. The first-order chi connectivity index (χ1) is 7.16. The van der Waals surface area contributed by atoms with Crippen LogP contribution in [0, 0.1) is 12.3 Å². The number of nitrogens with one attached hydrogen (secondary N) is 1. The van der Waals surface area contributed by atoms with E-state index in [0.717, 1.165) is 15.9 Å². The van der Waals surface area contributed by atoms with Gasteiger partial charge in [-0.25, -0.2) is 4.98 Å². The summed E-state index contributed by atoms with van der Waals surface area (Å²) in [6.07, 6.45) is 1.83. The van der Waals surface area contributed by atoms with Crippen molar-refractivity contribution in [2.75, 3.05) is 0 Å². The fraction of sp³-hybridized carbons (Fsp3) is 0.200. The monoisotopic (exact) mass is 283 g/mol. The summed E-state index contributed by atoms with van der Waals surface area (Å²) in [6.45, 7) is 2.73. The molecule has 0 amide bonds. The van der Waals surface area contributed by atoms with E-state index in [2.05, 4.69) is 20.9 Å². The van der Waals surface area contributed by atoms with E-state index >= 15 is 0 Å². The molecule has 0 bridgehead atoms. The molecule has 0 saturated carbocycles. The minimum Gasteiger partial charge on any atom is -0.317 e. The van der Waals surface area contributed by atoms with Gasteiger partial charge in [-0.15, -0.1) is 11.3 Å². The van der Waals surface area contributed by atoms with Crippen LogP contribution in [0.1, 0.15) is 11.3 Å². The first-order valence-corrected chi connectivity index (χ1v) is 6.14. The number of hydrogen-bond donors (Lipinski definition) is 1. The van der Waals surface area contributed by atoms with Gasteiger partial charge < -0.3 is 4.57 Å². The molecule has 15 heavy (non-hydrogen) atoms. The van der Waals surface area contributed by atoms with Crippen molar-refractivity contribution in [3.05, 3.63) is 44.4 Å². The zero-order chi connectivity index (χ0) is 10.8. The van der Waals surface area contributed by atoms with Crippen LogP contribution in [0.25, 0.3) is 0 Å². The smallest absolute Gasteiger partial charge is 0.182 e. The van der Waals surface area contributed by atoms with Gasteiger partial charge in [0, 0.05) is 17.3 Å². The highest BCUT2D eigenvalue weighted by atomic mass is 79.9. The van der Waals surface area contributed by atoms with Crippen molar-refractivity contribution in [3.63, 3.8) is 0 Å². The lowest BCUT2D eigenvalue weighted by Gasteiger charge is -2.04. The molecule has 0 aliphatic rings. The van der Waals surface area contributed by atoms with Crippen LogP contribution < -0.4 is 4.80 Å². The largest absolute Gasteiger partial charge is 0.317 e. The van der Waals surface area contributed by atoms with Gasteiger partial charge in [0.2, 0.25) is 0 Å². The Morgan fingerprint density at radius 1 is 1.53 bits per heavy atom. The van der Waals surface area contributed by atoms with Gasteiger partial charge in [-0.2, -0.15) is 0 Å². The normalized spacial score (nSPS) is 10.5. The third kappa shape index (κ3) is 2.35. The van der Waals surface area contributed by atoms with Crippen LogP contribution in [-0.2, 0) is 6.54 Å². The average molecular weight is 284 g/mol. The second-order valence-electron chi connectivity index (χ2n) is 3.26. The molecule has 0 radical (unpaired) electrons. The lowest BCUT2D eigenvalue weighted by Crippen LogP contribution is -2.15. The highest BCUT2D eigenvalue weighted by Crippen LogP contribution is 2.08. The third-order valence-corrected chi connectivity index (χ3v) is 3.51. The molecule has 0 spiro atoms. The number of thiazole rings is 1. The minimum absolute atomic E-state index is 0.579. The first-order valence-electron chi connectivity index (χ1n) is 4.47. The molecule has 0 atom stereocenters. The number of aromatic nitrogens is 2. The third-order valence-electron chi connectivity index (χ3n) is 2.14. The molecule has 0 aromatic carbocycles. The van der Waals surface area contributed by atoms with E-state index in [4.69, 9.17) is 5.41 Å². The van der Waals surface area contributed by atoms with Gasteiger partial charge in [0.25, 0.3) is 0 Å². The van der Waals surface area contributed by atoms with Gasteiger partial charge in [0.15, 0.2) is 4.80 Å². The number of aryl methyl sites for hydroxylation is 1. The average Bonchev–Trinajstić information content (AvgIpc) is 2.53. The van der Waals surface area contributed by atoms with Crippen molar-refractivity contribution < 1.29 is 0 Å². The molecule has 78 valence electrons. The number of pyridine rings is 1. The van der Waals surface area contributed by atoms with Crippen LogP contribution >= 0.6 is 27.3 Å². The Morgan fingerprint density at radius 2 is 2.33 bits per heavy atom. The second-order valence-corrected chi connectivity index (χ2v) is 4.93. The Balaban J connectivity index is 2.29. The summed E-state index contributed by atoms with van der Waals surface area (Å²) < 4.78 is 2.81. The van der Waals surface area contributed by atoms with Crippen molar-refractivity contribution in [3.8, 4) is 0 Å². The summed E-state index contributed by atoms with van der Waals surface area (Å²) in [5.41, 5.74) is 2.23. The minimum atomic E-state index is 0.579. The van der Waals surface area contributed by atoms with Crippen LogP contribution in [0.3, 0.4) is 0 Å². The molecule has 2 aromatic rings. The molecule has 0 fully saturated rings. The van der Waals surface area contributed by atoms with Crippen molar-refractivity contribution in [1.82, 2.24) is 9.55 Å². The summed E-state index contributed by atoms with van der Waals surface area (Å²) >= 11 is 4.75. The predicted molar refractivity (Wildman–Crippen MR) is 63.9 cm³/mol. The maximum atomic E-state index is 7.74. The van der Waals surface area contributed by atoms with Crippen LogP contribution in [0.4, 0.5) is 0 Å². The quantitative estimate of drug-likeness (QED) is 0.846. The van der Waals surface area contributed by atoms with E-state index in [1.54, 1.807) is 0 Å². The van der Waals surface area contributed by atoms with Crippen LogP contribution in [-0.4, -0.2) is 9.55 Å². The van der Waals surface area contributed by atoms with Crippen molar-refractivity contribution in [2.24, 2.45) is 0 Å². The fourth-order valence-corrected chi connectivity index (χ4v) is 2.29. The SMILES string of the molecule is Cc1csc(=N)n1Cc1ccc(Br)nc1. The van der Waals surface area contributed by atoms with E-state index < -0.39 is 0 Å². The van der Waals surface area contributed by atoms with E-state index in [1.807, 2.05) is 35.2 Å². The van der Waals surface area contributed by atoms with Crippen LogP contribution in [0.5, 0.6) is 0 Å². The van der Waals surface area contributed by atoms with E-state index in [0.29, 0.717) is 11.3 Å². The summed E-state index contributed by atoms with van der Waals surface area (Å²) in [6, 6.07) is 3.93. The molecule has 0 saturated heterocycles. The Morgan fingerprint density at radius 3 is 2.87 bits per heavy atom. The van der Waals surface area contributed by atoms with Gasteiger partial charge in [-0.1, -0.05) is 6.07 Å². The highest BCUT2D eigenvalue weighted by Gasteiger charge is 2.01. The van der Waals surface area contributed by atoms with E-state index in [9.17, 15) is 0 Å². The number of rotatable bonds is 2. The number of nitrogens with zero attached hydrogens (tertiary/aromatic N) is 2. The van der Waals surface area contributed by atoms with Gasteiger partial charge in [0.1, 0.15) is 4.60 Å². The topological polar surface area (TPSA) is 41.7 Å². The summed E-state index contributed by atoms with van der Waals surface area (Å²) in [5, 5.41) is 9.73. The molecule has 0 unspecified atom stereocenters. The van der Waals surface area contributed by atoms with Gasteiger partial charge in [0.05, 0.1) is 6.54 Å². The Bertz CT molecular complexity index is 512. The standard InChI is InChI=1S/C10H10BrN3S/c1-7-6-15-10(12)14(7)5-8-2-3-9(11)13-4-8/h2-4,6,12H,5H2,1H3. The molecule has 0 aliphatic heterocycles. The number of hydrogen-bond acceptors (Lipinski definition) is 3. The molecule has 5 heteroatoms. The Kier molecular flexibility index (Phi) is 3.02. The maximum Gasteiger partial charge on any atom is 0.182 e. The van der Waals surface area contributed by atoms with Crippen molar-refractivity contribution in [2.45, 2.75) is 13.5 Å². The summed E-state index contributed by atoms with van der Waals surface area (Å²) in [5.74, 6) is 0. The van der Waals surface area contributed by atoms with Gasteiger partial charge >= 0.3 is 0 Å². The Hall–Kier alpha value is -0.940. The number of halogens is 1. The zero-order valence-corrected chi connectivity index (χ0v) is 10.6. The van der Waals surface area contributed by atoms with Crippen LogP contribution in [0.2, 0.25) is 0 Å². The highest BCUT2D eigenvalue weighted by molar-refractivity contribution is 9.10. The van der Waals surface area contributed by atoms with Gasteiger partial charge in [-0.3, -0.25) is 5.41 Å². The molecule has 2 rings (SSSR count). The first kappa shape index (κ1) is 10.6. The molecular weight excluding hydrogens is 274 g/mol. The molecule has 1 N–H and O–H groups in total. The van der Waals surface area contributed by atoms with Crippen LogP contribution in [0.15, 0.2) is 28.3 Å².